The standard InChI is InChI=1S/C25H18BrF2N5O.C18H15BrF2O3/c1-15-5-9-23(33(15)20-4-2-3-16(11-20)25-29-31-32-30-25)21-12-18(26)7-10-24(21)34-14-17-6-8-19(27)13-22(17)28;1-11(22)2-6-17(23)15-8-13(19)4-7-18(15)24-10-12-3-5-14(20)9-16(12)21/h2-13H,14H2,1H3,(H,29,30,31,32);3-5,7-9H,2,6,10H2,1H3. The number of rotatable bonds is 13. The van der Waals surface area contributed by atoms with E-state index in [9.17, 15) is 27.2 Å². The van der Waals surface area contributed by atoms with Crippen LogP contribution < -0.4 is 9.47 Å². The number of hydrogen-bond donors (Lipinski definition) is 1. The molecule has 0 saturated carbocycles. The summed E-state index contributed by atoms with van der Waals surface area (Å²) in [7, 11) is 0. The Morgan fingerprint density at radius 3 is 1.98 bits per heavy atom. The summed E-state index contributed by atoms with van der Waals surface area (Å²) in [5.41, 5.74) is 5.21. The molecule has 0 radical (unpaired) electrons. The van der Waals surface area contributed by atoms with Gasteiger partial charge in [-0.3, -0.25) is 4.79 Å². The third-order valence-electron chi connectivity index (χ3n) is 8.74. The fraction of sp³-hybridized carbons (Fsp3) is 0.140. The molecule has 15 heteroatoms. The maximum Gasteiger partial charge on any atom is 0.204 e. The molecular weight excluding hydrogens is 886 g/mol. The van der Waals surface area contributed by atoms with Crippen molar-refractivity contribution < 1.29 is 36.6 Å². The predicted octanol–water partition coefficient (Wildman–Crippen LogP) is 11.1. The van der Waals surface area contributed by atoms with Crippen LogP contribution in [0.15, 0.2) is 118 Å². The summed E-state index contributed by atoms with van der Waals surface area (Å²) >= 11 is 6.83. The lowest BCUT2D eigenvalue weighted by Gasteiger charge is -2.17. The highest BCUT2D eigenvalue weighted by Crippen LogP contribution is 2.37. The average Bonchev–Trinajstić information content (AvgIpc) is 3.88. The van der Waals surface area contributed by atoms with E-state index in [1.807, 2.05) is 61.5 Å². The molecule has 1 N–H and O–H groups in total. The number of nitrogens with zero attached hydrogens (tertiary/aromatic N) is 4. The molecule has 0 aliphatic heterocycles. The fourth-order valence-electron chi connectivity index (χ4n) is 5.85. The summed E-state index contributed by atoms with van der Waals surface area (Å²) in [6.07, 6.45) is 0.227. The van der Waals surface area contributed by atoms with Crippen molar-refractivity contribution in [1.29, 1.82) is 0 Å². The topological polar surface area (TPSA) is 112 Å². The van der Waals surface area contributed by atoms with Crippen LogP contribution in [0.5, 0.6) is 11.5 Å². The second kappa shape index (κ2) is 19.0. The van der Waals surface area contributed by atoms with Gasteiger partial charge in [0, 0.05) is 67.6 Å². The normalized spacial score (nSPS) is 10.8. The van der Waals surface area contributed by atoms with Gasteiger partial charge in [-0.25, -0.2) is 17.6 Å². The van der Waals surface area contributed by atoms with Crippen LogP contribution in [-0.2, 0) is 18.0 Å². The van der Waals surface area contributed by atoms with Crippen molar-refractivity contribution in [2.75, 3.05) is 0 Å². The van der Waals surface area contributed by atoms with Gasteiger partial charge in [0.2, 0.25) is 5.82 Å². The van der Waals surface area contributed by atoms with Gasteiger partial charge in [-0.1, -0.05) is 44.0 Å². The third-order valence-corrected chi connectivity index (χ3v) is 9.73. The lowest BCUT2D eigenvalue weighted by Crippen LogP contribution is -2.07. The zero-order valence-corrected chi connectivity index (χ0v) is 34.1. The summed E-state index contributed by atoms with van der Waals surface area (Å²) in [5, 5.41) is 14.2. The second-order valence-electron chi connectivity index (χ2n) is 12.9. The Morgan fingerprint density at radius 2 is 1.36 bits per heavy atom. The van der Waals surface area contributed by atoms with Crippen molar-refractivity contribution in [1.82, 2.24) is 25.2 Å². The van der Waals surface area contributed by atoms with Crippen molar-refractivity contribution in [2.45, 2.75) is 39.9 Å². The Kier molecular flexibility index (Phi) is 13.7. The van der Waals surface area contributed by atoms with Gasteiger partial charge in [-0.05, 0) is 104 Å². The molecule has 0 fully saturated rings. The summed E-state index contributed by atoms with van der Waals surface area (Å²) in [5.74, 6) is -1.60. The summed E-state index contributed by atoms with van der Waals surface area (Å²) < 4.78 is 69.2. The molecule has 58 heavy (non-hydrogen) atoms. The van der Waals surface area contributed by atoms with E-state index in [1.54, 1.807) is 18.2 Å². The van der Waals surface area contributed by atoms with Gasteiger partial charge in [0.15, 0.2) is 5.78 Å². The number of Topliss-reactive ketones (excluding diaryl/α,β-unsaturated/α-hetero) is 2. The van der Waals surface area contributed by atoms with Crippen LogP contribution in [-0.4, -0.2) is 36.8 Å². The van der Waals surface area contributed by atoms with Gasteiger partial charge in [0.1, 0.15) is 53.8 Å². The van der Waals surface area contributed by atoms with Gasteiger partial charge in [-0.2, -0.15) is 5.21 Å². The quantitative estimate of drug-likeness (QED) is 0.0905. The average molecular weight is 920 g/mol. The summed E-state index contributed by atoms with van der Waals surface area (Å²) in [6, 6.07) is 29.0. The van der Waals surface area contributed by atoms with Gasteiger partial charge in [0.05, 0.1) is 11.3 Å². The molecule has 0 bridgehead atoms. The van der Waals surface area contributed by atoms with Crippen molar-refractivity contribution in [3.63, 3.8) is 0 Å². The lowest BCUT2D eigenvalue weighted by atomic mass is 10.0. The first-order valence-corrected chi connectivity index (χ1v) is 19.2. The number of nitrogens with one attached hydrogen (secondary N) is 1. The maximum absolute atomic E-state index is 14.1. The number of H-pyrrole nitrogens is 1. The zero-order valence-electron chi connectivity index (χ0n) is 30.9. The molecule has 0 spiro atoms. The second-order valence-corrected chi connectivity index (χ2v) is 14.8. The van der Waals surface area contributed by atoms with Gasteiger partial charge < -0.3 is 18.8 Å². The highest BCUT2D eigenvalue weighted by Gasteiger charge is 2.18. The third kappa shape index (κ3) is 10.5. The summed E-state index contributed by atoms with van der Waals surface area (Å²) in [6.45, 7) is 3.26. The first kappa shape index (κ1) is 41.7. The molecule has 0 atom stereocenters. The molecule has 2 heterocycles. The Bertz CT molecular complexity index is 2580. The van der Waals surface area contributed by atoms with E-state index in [0.717, 1.165) is 50.9 Å². The molecule has 0 amide bonds. The van der Waals surface area contributed by atoms with E-state index in [4.69, 9.17) is 9.47 Å². The van der Waals surface area contributed by atoms with Crippen molar-refractivity contribution in [2.24, 2.45) is 0 Å². The monoisotopic (exact) mass is 917 g/mol. The van der Waals surface area contributed by atoms with E-state index in [-0.39, 0.29) is 54.5 Å². The minimum absolute atomic E-state index is 0.0340. The van der Waals surface area contributed by atoms with E-state index < -0.39 is 23.3 Å². The number of halogens is 6. The molecule has 0 saturated heterocycles. The first-order valence-electron chi connectivity index (χ1n) is 17.6. The highest BCUT2D eigenvalue weighted by molar-refractivity contribution is 9.10. The molecule has 5 aromatic carbocycles. The molecule has 7 aromatic rings. The summed E-state index contributed by atoms with van der Waals surface area (Å²) in [4.78, 5) is 23.3. The van der Waals surface area contributed by atoms with Gasteiger partial charge in [-0.15, -0.1) is 10.2 Å². The van der Waals surface area contributed by atoms with Crippen LogP contribution in [0, 0.1) is 30.2 Å². The number of benzene rings is 5. The minimum Gasteiger partial charge on any atom is -0.488 e. The van der Waals surface area contributed by atoms with E-state index >= 15 is 0 Å². The Balaban J connectivity index is 0.000000209. The number of aromatic nitrogens is 5. The van der Waals surface area contributed by atoms with Crippen LogP contribution in [0.1, 0.15) is 46.9 Å². The van der Waals surface area contributed by atoms with Crippen molar-refractivity contribution >= 4 is 43.4 Å². The molecule has 7 rings (SSSR count). The predicted molar refractivity (Wildman–Crippen MR) is 217 cm³/mol. The minimum atomic E-state index is -0.712. The Morgan fingerprint density at radius 1 is 0.724 bits per heavy atom. The van der Waals surface area contributed by atoms with Crippen molar-refractivity contribution in [3.05, 3.63) is 164 Å². The molecule has 296 valence electrons. The van der Waals surface area contributed by atoms with Gasteiger partial charge >= 0.3 is 0 Å². The molecule has 0 aliphatic carbocycles. The number of tetrazole rings is 1. The lowest BCUT2D eigenvalue weighted by molar-refractivity contribution is -0.117. The molecular formula is C43H33Br2F4N5O4. The molecule has 0 aliphatic rings. The van der Waals surface area contributed by atoms with Crippen LogP contribution in [0.4, 0.5) is 17.6 Å². The van der Waals surface area contributed by atoms with E-state index in [1.165, 1.54) is 25.1 Å². The smallest absolute Gasteiger partial charge is 0.204 e. The van der Waals surface area contributed by atoms with E-state index in [2.05, 4.69) is 57.1 Å². The maximum atomic E-state index is 14.1. The number of carbonyl (C=O) groups excluding carboxylic acids is 2. The molecule has 9 nitrogen and oxygen atoms in total. The van der Waals surface area contributed by atoms with Crippen LogP contribution in [0.3, 0.4) is 0 Å². The van der Waals surface area contributed by atoms with Crippen LogP contribution >= 0.6 is 31.9 Å². The number of carbonyl (C=O) groups is 2. The highest BCUT2D eigenvalue weighted by atomic mass is 79.9. The van der Waals surface area contributed by atoms with Crippen LogP contribution in [0.2, 0.25) is 0 Å². The number of aryl methyl sites for hydroxylation is 1. The number of ether oxygens (including phenoxy) is 2. The largest absolute Gasteiger partial charge is 0.488 e. The van der Waals surface area contributed by atoms with Crippen molar-refractivity contribution in [3.8, 4) is 39.8 Å². The first-order chi connectivity index (χ1) is 27.9. The Hall–Kier alpha value is -5.93. The number of ketones is 2. The number of aromatic amines is 1. The molecule has 2 aromatic heterocycles. The van der Waals surface area contributed by atoms with Crippen LogP contribution in [0.25, 0.3) is 28.3 Å². The van der Waals surface area contributed by atoms with E-state index in [0.29, 0.717) is 21.6 Å². The zero-order chi connectivity index (χ0) is 41.3. The number of hydrogen-bond acceptors (Lipinski definition) is 7. The molecule has 0 unspecified atom stereocenters. The van der Waals surface area contributed by atoms with Gasteiger partial charge in [0.25, 0.3) is 0 Å². The SMILES string of the molecule is CC(=O)CCC(=O)c1cc(Br)ccc1OCc1ccc(F)cc1F.Cc1ccc(-c2cc(Br)ccc2OCc2ccc(F)cc2F)n1-c1cccc(-c2nn[nH]n2)c1. The fourth-order valence-corrected chi connectivity index (χ4v) is 6.57. The Labute approximate surface area is 347 Å².